The van der Waals surface area contributed by atoms with Gasteiger partial charge in [0, 0.05) is 30.9 Å². The van der Waals surface area contributed by atoms with Crippen LogP contribution in [0.3, 0.4) is 0 Å². The van der Waals surface area contributed by atoms with Gasteiger partial charge < -0.3 is 14.2 Å². The van der Waals surface area contributed by atoms with Crippen LogP contribution >= 0.6 is 0 Å². The van der Waals surface area contributed by atoms with Gasteiger partial charge in [-0.05, 0) is 44.4 Å². The van der Waals surface area contributed by atoms with E-state index in [0.29, 0.717) is 13.2 Å². The fourth-order valence-corrected chi connectivity index (χ4v) is 5.17. The molecule has 1 amide bonds. The number of aromatic nitrogens is 4. The summed E-state index contributed by atoms with van der Waals surface area (Å²) in [6, 6.07) is 10.3. The molecule has 2 aliphatic heterocycles. The smallest absolute Gasteiger partial charge is 0.255 e. The number of likely N-dealkylation sites (tertiary alicyclic amines) is 1. The molecule has 2 aromatic heterocycles. The van der Waals surface area contributed by atoms with Gasteiger partial charge in [0.25, 0.3) is 5.91 Å². The predicted molar refractivity (Wildman–Crippen MR) is 111 cm³/mol. The van der Waals surface area contributed by atoms with Gasteiger partial charge in [0.15, 0.2) is 0 Å². The average Bonchev–Trinajstić information content (AvgIpc) is 3.10. The summed E-state index contributed by atoms with van der Waals surface area (Å²) in [4.78, 5) is 15.5. The molecule has 7 nitrogen and oxygen atoms in total. The van der Waals surface area contributed by atoms with Crippen molar-refractivity contribution in [2.45, 2.75) is 50.8 Å². The fourth-order valence-electron chi connectivity index (χ4n) is 5.17. The summed E-state index contributed by atoms with van der Waals surface area (Å²) < 4.78 is 9.52. The maximum Gasteiger partial charge on any atom is 0.255 e. The van der Waals surface area contributed by atoms with Crippen LogP contribution in [-0.2, 0) is 17.9 Å². The Morgan fingerprint density at radius 1 is 1.17 bits per heavy atom. The van der Waals surface area contributed by atoms with E-state index in [0.717, 1.165) is 55.0 Å². The summed E-state index contributed by atoms with van der Waals surface area (Å²) in [7, 11) is 0. The Morgan fingerprint density at radius 2 is 2.00 bits per heavy atom. The van der Waals surface area contributed by atoms with Gasteiger partial charge in [-0.1, -0.05) is 22.9 Å². The predicted octanol–water partition coefficient (Wildman–Crippen LogP) is 3.07. The maximum absolute atomic E-state index is 13.4. The summed E-state index contributed by atoms with van der Waals surface area (Å²) in [6.45, 7) is 4.97. The summed E-state index contributed by atoms with van der Waals surface area (Å²) in [5, 5.41) is 8.88. The summed E-state index contributed by atoms with van der Waals surface area (Å²) >= 11 is 0. The first kappa shape index (κ1) is 17.9. The summed E-state index contributed by atoms with van der Waals surface area (Å²) in [5.41, 5.74) is 5.01. The highest BCUT2D eigenvalue weighted by molar-refractivity contribution is 5.95. The zero-order chi connectivity index (χ0) is 20.3. The SMILES string of the molecule is Cc1ccc(-n2cc(C3CCN(C(=O)c4cc5n(c4)CCOC5)C34CC4)nn2)cc1. The van der Waals surface area contributed by atoms with E-state index in [9.17, 15) is 4.79 Å². The molecule has 154 valence electrons. The topological polar surface area (TPSA) is 65.2 Å². The van der Waals surface area contributed by atoms with E-state index >= 15 is 0 Å². The highest BCUT2D eigenvalue weighted by Gasteiger charge is 2.60. The second-order valence-corrected chi connectivity index (χ2v) is 8.79. The molecule has 4 heterocycles. The Balaban J connectivity index is 1.25. The molecule has 1 aliphatic carbocycles. The van der Waals surface area contributed by atoms with Crippen LogP contribution in [0.2, 0.25) is 0 Å². The minimum atomic E-state index is -0.0931. The standard InChI is InChI=1S/C23H25N5O2/c1-16-2-4-18(5-3-16)28-14-21(24-25-28)20-6-9-27(23(20)7-8-23)22(29)17-12-19-15-30-11-10-26(19)13-17/h2-5,12-14,20H,6-11,15H2,1H3. The number of fused-ring (bicyclic) bond motifs is 1. The summed E-state index contributed by atoms with van der Waals surface area (Å²) in [6.07, 6.45) is 7.05. The first-order valence-electron chi connectivity index (χ1n) is 10.7. The van der Waals surface area contributed by atoms with Crippen LogP contribution in [0.1, 0.15) is 52.5 Å². The van der Waals surface area contributed by atoms with Crippen LogP contribution in [0.5, 0.6) is 0 Å². The molecule has 1 unspecified atom stereocenters. The third kappa shape index (κ3) is 2.72. The lowest BCUT2D eigenvalue weighted by Crippen LogP contribution is -2.39. The van der Waals surface area contributed by atoms with Gasteiger partial charge in [0.2, 0.25) is 0 Å². The Labute approximate surface area is 175 Å². The molecule has 0 bridgehead atoms. The Hall–Kier alpha value is -2.93. The Bertz CT molecular complexity index is 1090. The minimum absolute atomic E-state index is 0.0931. The van der Waals surface area contributed by atoms with Crippen LogP contribution in [-0.4, -0.2) is 49.1 Å². The maximum atomic E-state index is 13.4. The van der Waals surface area contributed by atoms with Crippen molar-refractivity contribution in [3.8, 4) is 5.69 Å². The van der Waals surface area contributed by atoms with Crippen molar-refractivity contribution in [1.29, 1.82) is 0 Å². The quantitative estimate of drug-likeness (QED) is 0.674. The molecule has 30 heavy (non-hydrogen) atoms. The van der Waals surface area contributed by atoms with Crippen molar-refractivity contribution < 1.29 is 9.53 Å². The van der Waals surface area contributed by atoms with E-state index in [1.54, 1.807) is 0 Å². The number of benzene rings is 1. The Kier molecular flexibility index (Phi) is 3.90. The number of amides is 1. The van der Waals surface area contributed by atoms with E-state index in [1.165, 1.54) is 5.56 Å². The molecule has 3 aliphatic rings. The van der Waals surface area contributed by atoms with E-state index in [2.05, 4.69) is 51.0 Å². The molecule has 3 aromatic rings. The van der Waals surface area contributed by atoms with Crippen LogP contribution < -0.4 is 0 Å². The minimum Gasteiger partial charge on any atom is -0.373 e. The second kappa shape index (κ2) is 6.54. The molecule has 0 radical (unpaired) electrons. The number of carbonyl (C=O) groups excluding carboxylic acids is 1. The third-order valence-electron chi connectivity index (χ3n) is 6.96. The number of ether oxygens (including phenoxy) is 1. The average molecular weight is 403 g/mol. The lowest BCUT2D eigenvalue weighted by molar-refractivity contribution is 0.0708. The lowest BCUT2D eigenvalue weighted by Gasteiger charge is -2.27. The van der Waals surface area contributed by atoms with Gasteiger partial charge >= 0.3 is 0 Å². The van der Waals surface area contributed by atoms with Crippen LogP contribution in [0, 0.1) is 6.92 Å². The number of nitrogens with zero attached hydrogens (tertiary/aromatic N) is 5. The van der Waals surface area contributed by atoms with Gasteiger partial charge in [0.1, 0.15) is 0 Å². The number of aryl methyl sites for hydroxylation is 1. The monoisotopic (exact) mass is 403 g/mol. The normalized spacial score (nSPS) is 21.8. The van der Waals surface area contributed by atoms with Crippen LogP contribution in [0.25, 0.3) is 5.69 Å². The molecule has 6 rings (SSSR count). The number of carbonyl (C=O) groups is 1. The molecule has 1 atom stereocenters. The van der Waals surface area contributed by atoms with Crippen molar-refractivity contribution in [2.75, 3.05) is 13.2 Å². The van der Waals surface area contributed by atoms with Gasteiger partial charge in [0.05, 0.1) is 41.9 Å². The van der Waals surface area contributed by atoms with Gasteiger partial charge in [-0.25, -0.2) is 4.68 Å². The van der Waals surface area contributed by atoms with Crippen molar-refractivity contribution in [3.63, 3.8) is 0 Å². The van der Waals surface area contributed by atoms with Crippen molar-refractivity contribution >= 4 is 5.91 Å². The molecule has 7 heteroatoms. The molecule has 1 spiro atoms. The molecule has 1 aromatic carbocycles. The largest absolute Gasteiger partial charge is 0.373 e. The first-order chi connectivity index (χ1) is 14.6. The summed E-state index contributed by atoms with van der Waals surface area (Å²) in [5.74, 6) is 0.393. The van der Waals surface area contributed by atoms with Gasteiger partial charge in [-0.3, -0.25) is 4.79 Å². The lowest BCUT2D eigenvalue weighted by atomic mass is 9.94. The van der Waals surface area contributed by atoms with E-state index in [1.807, 2.05) is 23.1 Å². The molecular weight excluding hydrogens is 378 g/mol. The van der Waals surface area contributed by atoms with Crippen molar-refractivity contribution in [1.82, 2.24) is 24.5 Å². The molecule has 1 saturated heterocycles. The van der Waals surface area contributed by atoms with Gasteiger partial charge in [-0.15, -0.1) is 5.10 Å². The third-order valence-corrected chi connectivity index (χ3v) is 6.96. The van der Waals surface area contributed by atoms with E-state index in [4.69, 9.17) is 4.74 Å². The van der Waals surface area contributed by atoms with Gasteiger partial charge in [-0.2, -0.15) is 0 Å². The zero-order valence-corrected chi connectivity index (χ0v) is 17.1. The highest BCUT2D eigenvalue weighted by atomic mass is 16.5. The molecular formula is C23H25N5O2. The zero-order valence-electron chi connectivity index (χ0n) is 17.1. The fraction of sp³-hybridized carbons (Fsp3) is 0.435. The van der Waals surface area contributed by atoms with Crippen LogP contribution in [0.4, 0.5) is 0 Å². The van der Waals surface area contributed by atoms with Crippen molar-refractivity contribution in [2.24, 2.45) is 0 Å². The highest BCUT2D eigenvalue weighted by Crippen LogP contribution is 2.57. The first-order valence-corrected chi connectivity index (χ1v) is 10.7. The van der Waals surface area contributed by atoms with Crippen molar-refractivity contribution in [3.05, 3.63) is 65.2 Å². The van der Waals surface area contributed by atoms with E-state index < -0.39 is 0 Å². The van der Waals surface area contributed by atoms with Crippen LogP contribution in [0.15, 0.2) is 42.7 Å². The Morgan fingerprint density at radius 3 is 2.77 bits per heavy atom. The number of hydrogen-bond acceptors (Lipinski definition) is 4. The molecule has 2 fully saturated rings. The number of hydrogen-bond donors (Lipinski definition) is 0. The second-order valence-electron chi connectivity index (χ2n) is 8.79. The molecule has 1 saturated carbocycles. The number of rotatable bonds is 3. The molecule has 0 N–H and O–H groups in total. The van der Waals surface area contributed by atoms with E-state index in [-0.39, 0.29) is 17.4 Å².